The van der Waals surface area contributed by atoms with E-state index < -0.39 is 5.60 Å². The molecule has 0 aliphatic carbocycles. The second-order valence-corrected chi connectivity index (χ2v) is 4.96. The molecule has 0 unspecified atom stereocenters. The predicted octanol–water partition coefficient (Wildman–Crippen LogP) is 1.01. The van der Waals surface area contributed by atoms with Crippen molar-refractivity contribution in [2.45, 2.75) is 30.9 Å². The maximum absolute atomic E-state index is 9.90. The fourth-order valence-corrected chi connectivity index (χ4v) is 2.25. The second kappa shape index (κ2) is 4.17. The summed E-state index contributed by atoms with van der Waals surface area (Å²) in [5, 5.41) is 22.8. The Morgan fingerprint density at radius 2 is 1.94 bits per heavy atom. The van der Waals surface area contributed by atoms with Gasteiger partial charge in [0.05, 0.1) is 17.7 Å². The number of hydrogen-bond donors (Lipinski definition) is 3. The van der Waals surface area contributed by atoms with Crippen molar-refractivity contribution < 1.29 is 10.2 Å². The summed E-state index contributed by atoms with van der Waals surface area (Å²) < 4.78 is 0. The van der Waals surface area contributed by atoms with E-state index in [2.05, 4.69) is 5.32 Å². The van der Waals surface area contributed by atoms with E-state index in [0.717, 1.165) is 12.0 Å². The number of β-amino-alcohol motifs (C(OH)–C–C–N with tert-alkyl or cyclic N) is 1. The maximum atomic E-state index is 9.90. The zero-order valence-corrected chi connectivity index (χ0v) is 9.61. The fourth-order valence-electron chi connectivity index (χ4n) is 2.25. The van der Waals surface area contributed by atoms with Crippen molar-refractivity contribution in [3.8, 4) is 0 Å². The summed E-state index contributed by atoms with van der Waals surface area (Å²) in [6.07, 6.45) is 1.45. The van der Waals surface area contributed by atoms with Crippen LogP contribution in [0.1, 0.15) is 25.3 Å². The molecule has 3 nitrogen and oxygen atoms in total. The van der Waals surface area contributed by atoms with Gasteiger partial charge in [-0.2, -0.15) is 0 Å². The van der Waals surface area contributed by atoms with Crippen molar-refractivity contribution in [2.24, 2.45) is 0 Å². The van der Waals surface area contributed by atoms with Gasteiger partial charge in [-0.1, -0.05) is 30.3 Å². The van der Waals surface area contributed by atoms with Crippen LogP contribution in [0.2, 0.25) is 0 Å². The number of benzene rings is 1. The number of aliphatic hydroxyl groups excluding tert-OH is 1. The summed E-state index contributed by atoms with van der Waals surface area (Å²) in [6, 6.07) is 9.95. The lowest BCUT2D eigenvalue weighted by atomic mass is 9.78. The first-order chi connectivity index (χ1) is 7.58. The summed E-state index contributed by atoms with van der Waals surface area (Å²) in [5.74, 6) is 0. The molecule has 1 heterocycles. The SMILES string of the molecule is C[C@@]1(O)CC[C@@](CO)(c2ccccc2)NC1. The molecular formula is C13H19NO2. The lowest BCUT2D eigenvalue weighted by Gasteiger charge is -2.43. The van der Waals surface area contributed by atoms with Gasteiger partial charge in [0.2, 0.25) is 0 Å². The molecule has 2 atom stereocenters. The van der Waals surface area contributed by atoms with E-state index in [4.69, 9.17) is 0 Å². The average molecular weight is 221 g/mol. The predicted molar refractivity (Wildman–Crippen MR) is 63.1 cm³/mol. The molecule has 1 aliphatic heterocycles. The molecule has 88 valence electrons. The fraction of sp³-hybridized carbons (Fsp3) is 0.538. The van der Waals surface area contributed by atoms with Crippen molar-refractivity contribution >= 4 is 0 Å². The second-order valence-electron chi connectivity index (χ2n) is 4.96. The third-order valence-corrected chi connectivity index (χ3v) is 3.49. The van der Waals surface area contributed by atoms with Crippen LogP contribution in [0.3, 0.4) is 0 Å². The summed E-state index contributed by atoms with van der Waals surface area (Å²) in [6.45, 7) is 2.40. The van der Waals surface area contributed by atoms with Gasteiger partial charge in [-0.25, -0.2) is 0 Å². The summed E-state index contributed by atoms with van der Waals surface area (Å²) in [4.78, 5) is 0. The molecule has 3 N–H and O–H groups in total. The van der Waals surface area contributed by atoms with Crippen molar-refractivity contribution in [3.63, 3.8) is 0 Å². The van der Waals surface area contributed by atoms with Gasteiger partial charge in [-0.3, -0.25) is 0 Å². The van der Waals surface area contributed by atoms with Gasteiger partial charge >= 0.3 is 0 Å². The quantitative estimate of drug-likeness (QED) is 0.698. The molecule has 0 aromatic heterocycles. The highest BCUT2D eigenvalue weighted by Crippen LogP contribution is 2.33. The van der Waals surface area contributed by atoms with Crippen molar-refractivity contribution in [1.82, 2.24) is 5.32 Å². The van der Waals surface area contributed by atoms with E-state index in [0.29, 0.717) is 13.0 Å². The van der Waals surface area contributed by atoms with Crippen LogP contribution in [0, 0.1) is 0 Å². The number of rotatable bonds is 2. The molecule has 1 aromatic carbocycles. The van der Waals surface area contributed by atoms with E-state index in [1.54, 1.807) is 0 Å². The topological polar surface area (TPSA) is 52.5 Å². The smallest absolute Gasteiger partial charge is 0.0744 e. The highest BCUT2D eigenvalue weighted by Gasteiger charge is 2.39. The first-order valence-electron chi connectivity index (χ1n) is 5.72. The van der Waals surface area contributed by atoms with E-state index in [1.807, 2.05) is 37.3 Å². The van der Waals surface area contributed by atoms with Crippen molar-refractivity contribution in [2.75, 3.05) is 13.2 Å². The van der Waals surface area contributed by atoms with Crippen LogP contribution in [0.4, 0.5) is 0 Å². The van der Waals surface area contributed by atoms with Crippen LogP contribution in [-0.4, -0.2) is 29.0 Å². The Bertz CT molecular complexity index is 338. The molecule has 0 amide bonds. The van der Waals surface area contributed by atoms with Crippen LogP contribution in [0.25, 0.3) is 0 Å². The minimum atomic E-state index is -0.659. The highest BCUT2D eigenvalue weighted by molar-refractivity contribution is 5.25. The van der Waals surface area contributed by atoms with Gasteiger partial charge in [0.15, 0.2) is 0 Å². The highest BCUT2D eigenvalue weighted by atomic mass is 16.3. The van der Waals surface area contributed by atoms with Gasteiger partial charge in [0, 0.05) is 6.54 Å². The molecule has 0 bridgehead atoms. The molecule has 1 fully saturated rings. The Kier molecular flexibility index (Phi) is 3.02. The van der Waals surface area contributed by atoms with Gasteiger partial charge in [0.1, 0.15) is 0 Å². The summed E-state index contributed by atoms with van der Waals surface area (Å²) in [7, 11) is 0. The third kappa shape index (κ3) is 2.12. The van der Waals surface area contributed by atoms with Crippen LogP contribution >= 0.6 is 0 Å². The molecule has 16 heavy (non-hydrogen) atoms. The van der Waals surface area contributed by atoms with Crippen LogP contribution in [0.5, 0.6) is 0 Å². The summed E-state index contributed by atoms with van der Waals surface area (Å²) >= 11 is 0. The Morgan fingerprint density at radius 1 is 1.25 bits per heavy atom. The molecule has 3 heteroatoms. The van der Waals surface area contributed by atoms with E-state index in [9.17, 15) is 10.2 Å². The zero-order chi connectivity index (χ0) is 11.6. The van der Waals surface area contributed by atoms with Crippen LogP contribution in [0.15, 0.2) is 30.3 Å². The van der Waals surface area contributed by atoms with E-state index in [1.165, 1.54) is 0 Å². The monoisotopic (exact) mass is 221 g/mol. The number of piperidine rings is 1. The van der Waals surface area contributed by atoms with Gasteiger partial charge in [0.25, 0.3) is 0 Å². The number of aliphatic hydroxyl groups is 2. The van der Waals surface area contributed by atoms with Crippen molar-refractivity contribution in [1.29, 1.82) is 0 Å². The van der Waals surface area contributed by atoms with Gasteiger partial charge in [-0.15, -0.1) is 0 Å². The Morgan fingerprint density at radius 3 is 2.44 bits per heavy atom. The van der Waals surface area contributed by atoms with Crippen LogP contribution in [-0.2, 0) is 5.54 Å². The molecule has 1 aromatic rings. The third-order valence-electron chi connectivity index (χ3n) is 3.49. The lowest BCUT2D eigenvalue weighted by Crippen LogP contribution is -2.56. The van der Waals surface area contributed by atoms with E-state index in [-0.39, 0.29) is 12.1 Å². The lowest BCUT2D eigenvalue weighted by molar-refractivity contribution is -0.0112. The van der Waals surface area contributed by atoms with Gasteiger partial charge < -0.3 is 15.5 Å². The molecule has 0 radical (unpaired) electrons. The summed E-state index contributed by atoms with van der Waals surface area (Å²) in [5.41, 5.74) is 0.0460. The Balaban J connectivity index is 2.23. The average Bonchev–Trinajstić information content (AvgIpc) is 2.31. The maximum Gasteiger partial charge on any atom is 0.0744 e. The standard InChI is InChI=1S/C13H19NO2/c1-12(16)7-8-13(10-15,14-9-12)11-5-3-2-4-6-11/h2-6,14-16H,7-10H2,1H3/t12-,13-/m1/s1. The molecule has 1 aliphatic rings. The largest absolute Gasteiger partial charge is 0.394 e. The number of nitrogens with one attached hydrogen (secondary N) is 1. The first kappa shape index (κ1) is 11.6. The molecule has 1 saturated heterocycles. The number of hydrogen-bond acceptors (Lipinski definition) is 3. The van der Waals surface area contributed by atoms with Crippen molar-refractivity contribution in [3.05, 3.63) is 35.9 Å². The Labute approximate surface area is 96.1 Å². The minimum Gasteiger partial charge on any atom is -0.394 e. The molecule has 0 spiro atoms. The Hall–Kier alpha value is -0.900. The van der Waals surface area contributed by atoms with Gasteiger partial charge in [-0.05, 0) is 25.3 Å². The molecular weight excluding hydrogens is 202 g/mol. The minimum absolute atomic E-state index is 0.0626. The molecule has 2 rings (SSSR count). The van der Waals surface area contributed by atoms with Crippen LogP contribution < -0.4 is 5.32 Å². The van der Waals surface area contributed by atoms with E-state index >= 15 is 0 Å². The first-order valence-corrected chi connectivity index (χ1v) is 5.72. The molecule has 0 saturated carbocycles. The zero-order valence-electron chi connectivity index (χ0n) is 9.61. The normalized spacial score (nSPS) is 34.9.